The van der Waals surface area contributed by atoms with Gasteiger partial charge in [-0.2, -0.15) is 5.10 Å². The first-order valence-corrected chi connectivity index (χ1v) is 11.0. The van der Waals surface area contributed by atoms with Gasteiger partial charge in [-0.25, -0.2) is 14.6 Å². The van der Waals surface area contributed by atoms with Gasteiger partial charge in [-0.15, -0.1) is 0 Å². The van der Waals surface area contributed by atoms with Gasteiger partial charge in [-0.3, -0.25) is 4.79 Å². The van der Waals surface area contributed by atoms with Crippen molar-refractivity contribution in [3.8, 4) is 5.82 Å². The molecule has 2 aromatic heterocycles. The number of nitrogens with one attached hydrogen (secondary N) is 1. The molecule has 3 heterocycles. The smallest absolute Gasteiger partial charge is 0.220 e. The molecule has 0 radical (unpaired) electrons. The van der Waals surface area contributed by atoms with Crippen LogP contribution in [0.15, 0.2) is 36.7 Å². The quantitative estimate of drug-likeness (QED) is 0.615. The Kier molecular flexibility index (Phi) is 6.80. The molecule has 4 rings (SSSR count). The molecule has 0 aliphatic carbocycles. The summed E-state index contributed by atoms with van der Waals surface area (Å²) in [5, 5.41) is 7.71. The van der Waals surface area contributed by atoms with Gasteiger partial charge in [0.15, 0.2) is 5.82 Å². The molecule has 32 heavy (non-hydrogen) atoms. The number of hydrogen-bond acceptors (Lipinski definition) is 6. The second-order valence-electron chi connectivity index (χ2n) is 8.16. The zero-order chi connectivity index (χ0) is 22.5. The zero-order valence-electron chi connectivity index (χ0n) is 19.0. The summed E-state index contributed by atoms with van der Waals surface area (Å²) in [4.78, 5) is 23.5. The van der Waals surface area contributed by atoms with Gasteiger partial charge in [0.05, 0.1) is 18.9 Å². The van der Waals surface area contributed by atoms with E-state index >= 15 is 0 Å². The van der Waals surface area contributed by atoms with Crippen molar-refractivity contribution in [1.29, 1.82) is 0 Å². The molecule has 0 saturated carbocycles. The van der Waals surface area contributed by atoms with Crippen LogP contribution >= 0.6 is 0 Å². The fourth-order valence-corrected chi connectivity index (χ4v) is 4.03. The maximum absolute atomic E-state index is 12.4. The number of carbonyl (C=O) groups is 1. The average molecular weight is 435 g/mol. The molecule has 168 valence electrons. The van der Waals surface area contributed by atoms with Crippen LogP contribution in [-0.2, 0) is 22.5 Å². The lowest BCUT2D eigenvalue weighted by molar-refractivity contribution is -0.121. The van der Waals surface area contributed by atoms with E-state index in [2.05, 4.69) is 39.2 Å². The molecule has 8 heteroatoms. The minimum absolute atomic E-state index is 0.0368. The SMILES string of the molecule is Cc1cccc(CNC(=O)CCc2c(C)nn(-c3cc(N4CCOCC4)ncn3)c2C)c1. The molecule has 1 aliphatic heterocycles. The molecule has 0 unspecified atom stereocenters. The van der Waals surface area contributed by atoms with Crippen LogP contribution in [0.1, 0.15) is 34.5 Å². The van der Waals surface area contributed by atoms with E-state index in [0.29, 0.717) is 32.6 Å². The van der Waals surface area contributed by atoms with E-state index in [0.717, 1.165) is 47.2 Å². The first-order chi connectivity index (χ1) is 15.5. The van der Waals surface area contributed by atoms with Gasteiger partial charge in [-0.1, -0.05) is 29.8 Å². The van der Waals surface area contributed by atoms with E-state index < -0.39 is 0 Å². The molecule has 1 aromatic carbocycles. The highest BCUT2D eigenvalue weighted by Crippen LogP contribution is 2.21. The third kappa shape index (κ3) is 5.13. The van der Waals surface area contributed by atoms with Gasteiger partial charge in [0.25, 0.3) is 0 Å². The lowest BCUT2D eigenvalue weighted by Crippen LogP contribution is -2.36. The van der Waals surface area contributed by atoms with E-state index in [9.17, 15) is 4.79 Å². The van der Waals surface area contributed by atoms with Gasteiger partial charge < -0.3 is 15.0 Å². The summed E-state index contributed by atoms with van der Waals surface area (Å²) in [7, 11) is 0. The number of ether oxygens (including phenoxy) is 1. The number of aromatic nitrogens is 4. The summed E-state index contributed by atoms with van der Waals surface area (Å²) in [5.41, 5.74) is 5.30. The van der Waals surface area contributed by atoms with Gasteiger partial charge in [0.2, 0.25) is 5.91 Å². The van der Waals surface area contributed by atoms with Crippen molar-refractivity contribution in [3.63, 3.8) is 0 Å². The average Bonchev–Trinajstić information content (AvgIpc) is 3.10. The van der Waals surface area contributed by atoms with E-state index in [1.165, 1.54) is 5.56 Å². The Hall–Kier alpha value is -3.26. The second kappa shape index (κ2) is 9.91. The second-order valence-corrected chi connectivity index (χ2v) is 8.16. The molecule has 8 nitrogen and oxygen atoms in total. The van der Waals surface area contributed by atoms with Crippen LogP contribution in [0.4, 0.5) is 5.82 Å². The van der Waals surface area contributed by atoms with Crippen LogP contribution < -0.4 is 10.2 Å². The molecule has 1 aliphatic rings. The third-order valence-electron chi connectivity index (χ3n) is 5.81. The van der Waals surface area contributed by atoms with E-state index in [4.69, 9.17) is 9.84 Å². The number of amides is 1. The monoisotopic (exact) mass is 434 g/mol. The van der Waals surface area contributed by atoms with Crippen molar-refractivity contribution < 1.29 is 9.53 Å². The molecule has 0 bridgehead atoms. The summed E-state index contributed by atoms with van der Waals surface area (Å²) in [6, 6.07) is 10.1. The number of rotatable bonds is 7. The normalized spacial score (nSPS) is 13.9. The van der Waals surface area contributed by atoms with Crippen molar-refractivity contribution in [2.45, 2.75) is 40.2 Å². The molecule has 1 saturated heterocycles. The predicted octanol–water partition coefficient (Wildman–Crippen LogP) is 2.67. The Morgan fingerprint density at radius 2 is 1.88 bits per heavy atom. The standard InChI is InChI=1S/C24H30N6O2/c1-17-5-4-6-20(13-17)15-25-24(31)8-7-21-18(2)28-30(19(21)3)23-14-22(26-16-27-23)29-9-11-32-12-10-29/h4-6,13-14,16H,7-12,15H2,1-3H3,(H,25,31). The van der Waals surface area contributed by atoms with Crippen LogP contribution in [0.3, 0.4) is 0 Å². The Bertz CT molecular complexity index is 1090. The maximum Gasteiger partial charge on any atom is 0.220 e. The minimum Gasteiger partial charge on any atom is -0.378 e. The Labute approximate surface area is 188 Å². The van der Waals surface area contributed by atoms with Crippen molar-refractivity contribution in [3.05, 3.63) is 64.7 Å². The fraction of sp³-hybridized carbons (Fsp3) is 0.417. The topological polar surface area (TPSA) is 85.2 Å². The van der Waals surface area contributed by atoms with E-state index in [-0.39, 0.29) is 5.91 Å². The maximum atomic E-state index is 12.4. The number of anilines is 1. The molecular formula is C24H30N6O2. The lowest BCUT2D eigenvalue weighted by atomic mass is 10.1. The van der Waals surface area contributed by atoms with Crippen LogP contribution in [-0.4, -0.2) is 52.0 Å². The van der Waals surface area contributed by atoms with Crippen molar-refractivity contribution in [2.24, 2.45) is 0 Å². The van der Waals surface area contributed by atoms with Crippen molar-refractivity contribution >= 4 is 11.7 Å². The third-order valence-corrected chi connectivity index (χ3v) is 5.81. The Morgan fingerprint density at radius 1 is 1.09 bits per heavy atom. The van der Waals surface area contributed by atoms with Crippen LogP contribution in [0.25, 0.3) is 5.82 Å². The molecular weight excluding hydrogens is 404 g/mol. The number of hydrogen-bond donors (Lipinski definition) is 1. The highest BCUT2D eigenvalue weighted by atomic mass is 16.5. The van der Waals surface area contributed by atoms with Gasteiger partial charge in [0, 0.05) is 37.8 Å². The summed E-state index contributed by atoms with van der Waals surface area (Å²) < 4.78 is 7.28. The van der Waals surface area contributed by atoms with E-state index in [1.54, 1.807) is 6.33 Å². The molecule has 1 fully saturated rings. The zero-order valence-corrected chi connectivity index (χ0v) is 19.0. The Morgan fingerprint density at radius 3 is 2.66 bits per heavy atom. The number of aryl methyl sites for hydroxylation is 2. The summed E-state index contributed by atoms with van der Waals surface area (Å²) >= 11 is 0. The number of morpholine rings is 1. The molecule has 0 atom stereocenters. The lowest BCUT2D eigenvalue weighted by Gasteiger charge is -2.27. The van der Waals surface area contributed by atoms with Crippen molar-refractivity contribution in [2.75, 3.05) is 31.2 Å². The molecule has 3 aromatic rings. The van der Waals surface area contributed by atoms with E-state index in [1.807, 2.05) is 36.7 Å². The van der Waals surface area contributed by atoms with Crippen molar-refractivity contribution in [1.82, 2.24) is 25.1 Å². The highest BCUT2D eigenvalue weighted by molar-refractivity contribution is 5.76. The summed E-state index contributed by atoms with van der Waals surface area (Å²) in [6.45, 7) is 9.64. The largest absolute Gasteiger partial charge is 0.378 e. The van der Waals surface area contributed by atoms with Gasteiger partial charge in [0.1, 0.15) is 12.1 Å². The molecule has 1 amide bonds. The highest BCUT2D eigenvalue weighted by Gasteiger charge is 2.17. The first kappa shape index (κ1) is 22.0. The summed E-state index contributed by atoms with van der Waals surface area (Å²) in [5.74, 6) is 1.65. The van der Waals surface area contributed by atoms with Crippen LogP contribution in [0.5, 0.6) is 0 Å². The number of benzene rings is 1. The molecule has 1 N–H and O–H groups in total. The van der Waals surface area contributed by atoms with Crippen LogP contribution in [0, 0.1) is 20.8 Å². The fourth-order valence-electron chi connectivity index (χ4n) is 4.03. The minimum atomic E-state index is 0.0368. The first-order valence-electron chi connectivity index (χ1n) is 11.0. The summed E-state index contributed by atoms with van der Waals surface area (Å²) in [6.07, 6.45) is 2.63. The Balaban J connectivity index is 1.41. The van der Waals surface area contributed by atoms with Gasteiger partial charge in [-0.05, 0) is 38.3 Å². The molecule has 0 spiro atoms. The predicted molar refractivity (Wildman–Crippen MR) is 123 cm³/mol. The van der Waals surface area contributed by atoms with Crippen LogP contribution in [0.2, 0.25) is 0 Å². The van der Waals surface area contributed by atoms with Gasteiger partial charge >= 0.3 is 0 Å². The number of nitrogens with zero attached hydrogens (tertiary/aromatic N) is 5. The number of carbonyl (C=O) groups excluding carboxylic acids is 1.